The van der Waals surface area contributed by atoms with Gasteiger partial charge in [0.15, 0.2) is 0 Å². The Labute approximate surface area is 106 Å². The van der Waals surface area contributed by atoms with Crippen molar-refractivity contribution < 1.29 is 14.6 Å². The fourth-order valence-corrected chi connectivity index (χ4v) is 2.16. The van der Waals surface area contributed by atoms with Gasteiger partial charge in [0.05, 0.1) is 12.2 Å². The molecule has 0 aromatic heterocycles. The first-order valence-corrected chi connectivity index (χ1v) is 6.05. The number of carboxylic acid groups (broad SMARTS) is 1. The molecule has 1 heterocycles. The Kier molecular flexibility index (Phi) is 3.72. The van der Waals surface area contributed by atoms with E-state index in [2.05, 4.69) is 12.2 Å². The highest BCUT2D eigenvalue weighted by Gasteiger charge is 2.21. The number of ether oxygens (including phenoxy) is 1. The number of nitrogens with one attached hydrogen (secondary N) is 1. The van der Waals surface area contributed by atoms with Crippen molar-refractivity contribution in [3.05, 3.63) is 23.8 Å². The van der Waals surface area contributed by atoms with Gasteiger partial charge in [0.25, 0.3) is 0 Å². The second-order valence-electron chi connectivity index (χ2n) is 4.70. The van der Waals surface area contributed by atoms with Crippen molar-refractivity contribution >= 4 is 17.3 Å². The van der Waals surface area contributed by atoms with Gasteiger partial charge in [-0.25, -0.2) is 4.79 Å². The molecule has 1 fully saturated rings. The highest BCUT2D eigenvalue weighted by Crippen LogP contribution is 2.23. The largest absolute Gasteiger partial charge is 0.478 e. The van der Waals surface area contributed by atoms with Crippen LogP contribution in [0.1, 0.15) is 23.7 Å². The van der Waals surface area contributed by atoms with Gasteiger partial charge in [0, 0.05) is 24.0 Å². The molecule has 1 aliphatic heterocycles. The van der Waals surface area contributed by atoms with Gasteiger partial charge >= 0.3 is 5.97 Å². The molecule has 1 aromatic carbocycles. The Morgan fingerprint density at radius 3 is 2.94 bits per heavy atom. The summed E-state index contributed by atoms with van der Waals surface area (Å²) in [6, 6.07) is 5.30. The van der Waals surface area contributed by atoms with Gasteiger partial charge in [-0.05, 0) is 30.5 Å². The SMILES string of the molecule is CC1COCCC1Nc1ccc(C(=O)O)c(N)c1. The van der Waals surface area contributed by atoms with Gasteiger partial charge in [0.1, 0.15) is 0 Å². The molecule has 0 saturated carbocycles. The molecule has 2 unspecified atom stereocenters. The molecule has 1 saturated heterocycles. The quantitative estimate of drug-likeness (QED) is 0.712. The number of hydrogen-bond acceptors (Lipinski definition) is 4. The summed E-state index contributed by atoms with van der Waals surface area (Å²) in [5.41, 5.74) is 7.00. The summed E-state index contributed by atoms with van der Waals surface area (Å²) in [6.07, 6.45) is 0.946. The Bertz CT molecular complexity index is 448. The summed E-state index contributed by atoms with van der Waals surface area (Å²) in [4.78, 5) is 10.9. The van der Waals surface area contributed by atoms with E-state index >= 15 is 0 Å². The zero-order valence-corrected chi connectivity index (χ0v) is 10.3. The topological polar surface area (TPSA) is 84.6 Å². The minimum atomic E-state index is -1.00. The van der Waals surface area contributed by atoms with Gasteiger partial charge < -0.3 is 20.9 Å². The summed E-state index contributed by atoms with van der Waals surface area (Å²) in [5, 5.41) is 12.3. The third-order valence-electron chi connectivity index (χ3n) is 3.27. The minimum Gasteiger partial charge on any atom is -0.478 e. The van der Waals surface area contributed by atoms with Crippen LogP contribution in [0.2, 0.25) is 0 Å². The molecule has 2 atom stereocenters. The van der Waals surface area contributed by atoms with Crippen LogP contribution in [0.4, 0.5) is 11.4 Å². The van der Waals surface area contributed by atoms with Crippen LogP contribution in [0, 0.1) is 5.92 Å². The average molecular weight is 250 g/mol. The van der Waals surface area contributed by atoms with Crippen LogP contribution in [0.25, 0.3) is 0 Å². The summed E-state index contributed by atoms with van der Waals surface area (Å²) in [6.45, 7) is 3.64. The molecule has 0 spiro atoms. The monoisotopic (exact) mass is 250 g/mol. The van der Waals surface area contributed by atoms with Crippen molar-refractivity contribution in [1.29, 1.82) is 0 Å². The molecular formula is C13H18N2O3. The van der Waals surface area contributed by atoms with E-state index in [1.54, 1.807) is 12.1 Å². The van der Waals surface area contributed by atoms with E-state index in [1.165, 1.54) is 6.07 Å². The van der Waals surface area contributed by atoms with Crippen LogP contribution >= 0.6 is 0 Å². The summed E-state index contributed by atoms with van der Waals surface area (Å²) in [5.74, 6) is -0.572. The standard InChI is InChI=1S/C13H18N2O3/c1-8-7-18-5-4-12(8)15-9-2-3-10(13(16)17)11(14)6-9/h2-3,6,8,12,15H,4-5,7,14H2,1H3,(H,16,17). The number of nitrogen functional groups attached to an aromatic ring is 1. The van der Waals surface area contributed by atoms with E-state index in [1.807, 2.05) is 0 Å². The lowest BCUT2D eigenvalue weighted by Gasteiger charge is -2.30. The van der Waals surface area contributed by atoms with E-state index in [0.717, 1.165) is 25.3 Å². The van der Waals surface area contributed by atoms with E-state index in [-0.39, 0.29) is 11.3 Å². The number of benzene rings is 1. The smallest absolute Gasteiger partial charge is 0.337 e. The summed E-state index contributed by atoms with van der Waals surface area (Å²) in [7, 11) is 0. The number of carboxylic acids is 1. The van der Waals surface area contributed by atoms with Gasteiger partial charge in [-0.15, -0.1) is 0 Å². The number of carbonyl (C=O) groups is 1. The Morgan fingerprint density at radius 2 is 2.33 bits per heavy atom. The molecule has 4 N–H and O–H groups in total. The fourth-order valence-electron chi connectivity index (χ4n) is 2.16. The number of anilines is 2. The van der Waals surface area contributed by atoms with Crippen molar-refractivity contribution in [3.8, 4) is 0 Å². The molecule has 0 bridgehead atoms. The predicted octanol–water partition coefficient (Wildman–Crippen LogP) is 1.80. The Morgan fingerprint density at radius 1 is 1.56 bits per heavy atom. The molecule has 5 heteroatoms. The fraction of sp³-hybridized carbons (Fsp3) is 0.462. The lowest BCUT2D eigenvalue weighted by Crippen LogP contribution is -2.35. The molecule has 1 aromatic rings. The second kappa shape index (κ2) is 5.27. The first kappa shape index (κ1) is 12.7. The normalized spacial score (nSPS) is 23.6. The maximum atomic E-state index is 10.9. The molecule has 18 heavy (non-hydrogen) atoms. The van der Waals surface area contributed by atoms with Crippen molar-refractivity contribution in [1.82, 2.24) is 0 Å². The van der Waals surface area contributed by atoms with Crippen LogP contribution in [0.15, 0.2) is 18.2 Å². The van der Waals surface area contributed by atoms with Gasteiger partial charge in [-0.2, -0.15) is 0 Å². The van der Waals surface area contributed by atoms with E-state index < -0.39 is 5.97 Å². The molecule has 2 rings (SSSR count). The maximum Gasteiger partial charge on any atom is 0.337 e. The van der Waals surface area contributed by atoms with E-state index in [9.17, 15) is 4.79 Å². The molecule has 0 radical (unpaired) electrons. The molecular weight excluding hydrogens is 232 g/mol. The number of hydrogen-bond donors (Lipinski definition) is 3. The third-order valence-corrected chi connectivity index (χ3v) is 3.27. The average Bonchev–Trinajstić information content (AvgIpc) is 2.32. The van der Waals surface area contributed by atoms with Crippen LogP contribution < -0.4 is 11.1 Å². The molecule has 0 aliphatic carbocycles. The van der Waals surface area contributed by atoms with E-state index in [0.29, 0.717) is 12.0 Å². The first-order valence-electron chi connectivity index (χ1n) is 6.05. The lowest BCUT2D eigenvalue weighted by atomic mass is 9.97. The van der Waals surface area contributed by atoms with Crippen LogP contribution in [-0.4, -0.2) is 30.3 Å². The first-order chi connectivity index (χ1) is 8.58. The highest BCUT2D eigenvalue weighted by atomic mass is 16.5. The van der Waals surface area contributed by atoms with Gasteiger partial charge in [-0.1, -0.05) is 6.92 Å². The molecule has 0 amide bonds. The van der Waals surface area contributed by atoms with Crippen LogP contribution in [0.3, 0.4) is 0 Å². The van der Waals surface area contributed by atoms with Crippen molar-refractivity contribution in [3.63, 3.8) is 0 Å². The van der Waals surface area contributed by atoms with Gasteiger partial charge in [0.2, 0.25) is 0 Å². The Hall–Kier alpha value is -1.75. The molecule has 98 valence electrons. The Balaban J connectivity index is 2.10. The molecule has 1 aliphatic rings. The zero-order valence-electron chi connectivity index (χ0n) is 10.3. The number of nitrogens with two attached hydrogens (primary N) is 1. The van der Waals surface area contributed by atoms with Gasteiger partial charge in [-0.3, -0.25) is 0 Å². The highest BCUT2D eigenvalue weighted by molar-refractivity contribution is 5.94. The maximum absolute atomic E-state index is 10.9. The molecule has 5 nitrogen and oxygen atoms in total. The number of aromatic carboxylic acids is 1. The number of rotatable bonds is 3. The predicted molar refractivity (Wildman–Crippen MR) is 69.8 cm³/mol. The van der Waals surface area contributed by atoms with Crippen molar-refractivity contribution in [2.75, 3.05) is 24.3 Å². The minimum absolute atomic E-state index is 0.139. The van der Waals surface area contributed by atoms with Crippen molar-refractivity contribution in [2.24, 2.45) is 5.92 Å². The summed E-state index contributed by atoms with van der Waals surface area (Å²) < 4.78 is 5.38. The lowest BCUT2D eigenvalue weighted by molar-refractivity contribution is 0.0538. The second-order valence-corrected chi connectivity index (χ2v) is 4.70. The van der Waals surface area contributed by atoms with Crippen LogP contribution in [-0.2, 0) is 4.74 Å². The summed E-state index contributed by atoms with van der Waals surface area (Å²) >= 11 is 0. The van der Waals surface area contributed by atoms with E-state index in [4.69, 9.17) is 15.6 Å². The van der Waals surface area contributed by atoms with Crippen molar-refractivity contribution in [2.45, 2.75) is 19.4 Å². The zero-order chi connectivity index (χ0) is 13.1. The third kappa shape index (κ3) is 2.73. The van der Waals surface area contributed by atoms with Crippen LogP contribution in [0.5, 0.6) is 0 Å².